The minimum atomic E-state index is 0.0609. The number of ether oxygens (including phenoxy) is 1. The monoisotopic (exact) mass is 318 g/mol. The van der Waals surface area contributed by atoms with Crippen LogP contribution in [0.4, 0.5) is 0 Å². The second-order valence-corrected chi connectivity index (χ2v) is 7.22. The lowest BCUT2D eigenvalue weighted by Gasteiger charge is -2.20. The van der Waals surface area contributed by atoms with Crippen LogP contribution in [0.2, 0.25) is 0 Å². The third-order valence-corrected chi connectivity index (χ3v) is 5.63. The summed E-state index contributed by atoms with van der Waals surface area (Å²) in [5, 5.41) is 4.97. The summed E-state index contributed by atoms with van der Waals surface area (Å²) in [7, 11) is 0. The molecule has 0 amide bonds. The summed E-state index contributed by atoms with van der Waals surface area (Å²) in [6, 6.07) is 0.333. The predicted octanol–water partition coefficient (Wildman–Crippen LogP) is 2.86. The van der Waals surface area contributed by atoms with Gasteiger partial charge < -0.3 is 14.6 Å². The molecule has 2 aromatic rings. The summed E-state index contributed by atoms with van der Waals surface area (Å²) in [5.74, 6) is 1.79. The maximum Gasteiger partial charge on any atom is 0.139 e. The number of nitrogens with one attached hydrogen (secondary N) is 1. The molecule has 2 atom stereocenters. The minimum Gasteiger partial charge on any atom is -0.369 e. The SMILES string of the molecule is CCn1ccnc1[C@H]1OCC[C@@H]1NCc1cnc(C2CC2)s1. The zero-order valence-corrected chi connectivity index (χ0v) is 13.7. The number of aromatic nitrogens is 3. The summed E-state index contributed by atoms with van der Waals surface area (Å²) >= 11 is 1.86. The summed E-state index contributed by atoms with van der Waals surface area (Å²) < 4.78 is 8.11. The lowest BCUT2D eigenvalue weighted by atomic mass is 10.1. The van der Waals surface area contributed by atoms with Crippen LogP contribution in [0, 0.1) is 0 Å². The maximum absolute atomic E-state index is 5.94. The molecule has 0 bridgehead atoms. The van der Waals surface area contributed by atoms with Gasteiger partial charge in [0.05, 0.1) is 5.01 Å². The van der Waals surface area contributed by atoms with E-state index in [0.29, 0.717) is 6.04 Å². The molecule has 22 heavy (non-hydrogen) atoms. The fourth-order valence-electron chi connectivity index (χ4n) is 3.05. The van der Waals surface area contributed by atoms with Crippen LogP contribution < -0.4 is 5.32 Å². The van der Waals surface area contributed by atoms with Crippen molar-refractivity contribution in [3.63, 3.8) is 0 Å². The van der Waals surface area contributed by atoms with Crippen molar-refractivity contribution in [2.24, 2.45) is 0 Å². The molecule has 1 aliphatic heterocycles. The van der Waals surface area contributed by atoms with Gasteiger partial charge in [0.25, 0.3) is 0 Å². The van der Waals surface area contributed by atoms with Crippen molar-refractivity contribution in [2.75, 3.05) is 6.61 Å². The Bertz CT molecular complexity index is 634. The largest absolute Gasteiger partial charge is 0.369 e. The summed E-state index contributed by atoms with van der Waals surface area (Å²) in [5.41, 5.74) is 0. The standard InChI is InChI=1S/C16H22N4OS/c1-2-20-7-6-17-15(20)14-13(5-8-21-14)18-9-12-10-19-16(22-12)11-3-4-11/h6-7,10-11,13-14,18H,2-5,8-9H2,1H3/t13-,14-/m0/s1. The Balaban J connectivity index is 1.40. The third kappa shape index (κ3) is 2.83. The molecule has 1 saturated heterocycles. The molecule has 1 aliphatic carbocycles. The van der Waals surface area contributed by atoms with Gasteiger partial charge in [-0.3, -0.25) is 0 Å². The Morgan fingerprint density at radius 3 is 3.09 bits per heavy atom. The van der Waals surface area contributed by atoms with Crippen molar-refractivity contribution in [2.45, 2.75) is 57.3 Å². The topological polar surface area (TPSA) is 52.0 Å². The van der Waals surface area contributed by atoms with Gasteiger partial charge in [0.2, 0.25) is 0 Å². The smallest absolute Gasteiger partial charge is 0.139 e. The number of hydrogen-bond donors (Lipinski definition) is 1. The van der Waals surface area contributed by atoms with Crippen LogP contribution in [0.5, 0.6) is 0 Å². The minimum absolute atomic E-state index is 0.0609. The van der Waals surface area contributed by atoms with Crippen LogP contribution in [0.25, 0.3) is 0 Å². The van der Waals surface area contributed by atoms with Crippen LogP contribution in [-0.4, -0.2) is 27.2 Å². The van der Waals surface area contributed by atoms with Gasteiger partial charge in [0.1, 0.15) is 11.9 Å². The highest BCUT2D eigenvalue weighted by Crippen LogP contribution is 2.41. The zero-order chi connectivity index (χ0) is 14.9. The summed E-state index contributed by atoms with van der Waals surface area (Å²) in [4.78, 5) is 10.4. The first kappa shape index (κ1) is 14.4. The Kier molecular flexibility index (Phi) is 3.98. The number of thiazole rings is 1. The van der Waals surface area contributed by atoms with E-state index in [0.717, 1.165) is 37.9 Å². The lowest BCUT2D eigenvalue weighted by molar-refractivity contribution is 0.0886. The third-order valence-electron chi connectivity index (χ3n) is 4.47. The van der Waals surface area contributed by atoms with Gasteiger partial charge in [-0.2, -0.15) is 0 Å². The molecular weight excluding hydrogens is 296 g/mol. The predicted molar refractivity (Wildman–Crippen MR) is 85.9 cm³/mol. The van der Waals surface area contributed by atoms with Gasteiger partial charge in [-0.15, -0.1) is 11.3 Å². The second-order valence-electron chi connectivity index (χ2n) is 6.08. The van der Waals surface area contributed by atoms with Gasteiger partial charge in [-0.25, -0.2) is 9.97 Å². The van der Waals surface area contributed by atoms with Crippen molar-refractivity contribution in [3.8, 4) is 0 Å². The highest BCUT2D eigenvalue weighted by Gasteiger charge is 2.32. The first-order chi connectivity index (χ1) is 10.8. The molecule has 118 valence electrons. The van der Waals surface area contributed by atoms with Crippen LogP contribution in [-0.2, 0) is 17.8 Å². The van der Waals surface area contributed by atoms with Crippen LogP contribution in [0.1, 0.15) is 53.9 Å². The van der Waals surface area contributed by atoms with E-state index in [2.05, 4.69) is 26.8 Å². The molecule has 0 spiro atoms. The van der Waals surface area contributed by atoms with E-state index < -0.39 is 0 Å². The van der Waals surface area contributed by atoms with Crippen LogP contribution in [0.15, 0.2) is 18.6 Å². The zero-order valence-electron chi connectivity index (χ0n) is 12.9. The van der Waals surface area contributed by atoms with Crippen molar-refractivity contribution < 1.29 is 4.74 Å². The highest BCUT2D eigenvalue weighted by molar-refractivity contribution is 7.11. The molecule has 5 nitrogen and oxygen atoms in total. The average Bonchev–Trinajstić information content (AvgIpc) is 2.97. The average molecular weight is 318 g/mol. The van der Waals surface area contributed by atoms with Crippen molar-refractivity contribution in [1.82, 2.24) is 19.9 Å². The molecule has 0 radical (unpaired) electrons. The fraction of sp³-hybridized carbons (Fsp3) is 0.625. The first-order valence-corrected chi connectivity index (χ1v) is 8.97. The molecule has 4 rings (SSSR count). The Morgan fingerprint density at radius 2 is 2.27 bits per heavy atom. The maximum atomic E-state index is 5.94. The van der Waals surface area contributed by atoms with E-state index in [1.807, 2.05) is 29.9 Å². The number of hydrogen-bond acceptors (Lipinski definition) is 5. The van der Waals surface area contributed by atoms with Crippen LogP contribution >= 0.6 is 11.3 Å². The fourth-order valence-corrected chi connectivity index (χ4v) is 4.09. The molecular formula is C16H22N4OS. The van der Waals surface area contributed by atoms with Gasteiger partial charge in [0.15, 0.2) is 0 Å². The van der Waals surface area contributed by atoms with Crippen molar-refractivity contribution >= 4 is 11.3 Å². The van der Waals surface area contributed by atoms with E-state index in [4.69, 9.17) is 4.74 Å². The number of aryl methyl sites for hydroxylation is 1. The molecule has 2 fully saturated rings. The molecule has 6 heteroatoms. The van der Waals surface area contributed by atoms with Gasteiger partial charge in [0, 0.05) is 55.1 Å². The Labute approximate surface area is 134 Å². The molecule has 1 saturated carbocycles. The normalized spacial score (nSPS) is 25.0. The van der Waals surface area contributed by atoms with Gasteiger partial charge >= 0.3 is 0 Å². The second kappa shape index (κ2) is 6.10. The molecule has 1 N–H and O–H groups in total. The lowest BCUT2D eigenvalue weighted by Crippen LogP contribution is -2.32. The Hall–Kier alpha value is -1.24. The Morgan fingerprint density at radius 1 is 1.36 bits per heavy atom. The summed E-state index contributed by atoms with van der Waals surface area (Å²) in [6.45, 7) is 4.75. The van der Waals surface area contributed by atoms with E-state index in [-0.39, 0.29) is 6.10 Å². The van der Waals surface area contributed by atoms with E-state index in [1.165, 1.54) is 22.7 Å². The highest BCUT2D eigenvalue weighted by atomic mass is 32.1. The molecule has 0 unspecified atom stereocenters. The van der Waals surface area contributed by atoms with Crippen molar-refractivity contribution in [3.05, 3.63) is 34.3 Å². The first-order valence-electron chi connectivity index (χ1n) is 8.15. The molecule has 3 heterocycles. The molecule has 2 aromatic heterocycles. The molecule has 2 aliphatic rings. The van der Waals surface area contributed by atoms with E-state index >= 15 is 0 Å². The number of nitrogens with zero attached hydrogens (tertiary/aromatic N) is 3. The summed E-state index contributed by atoms with van der Waals surface area (Å²) in [6.07, 6.45) is 9.66. The van der Waals surface area contributed by atoms with E-state index in [9.17, 15) is 0 Å². The molecule has 0 aromatic carbocycles. The van der Waals surface area contributed by atoms with Crippen LogP contribution in [0.3, 0.4) is 0 Å². The quantitative estimate of drug-likeness (QED) is 0.890. The van der Waals surface area contributed by atoms with E-state index in [1.54, 1.807) is 0 Å². The number of imidazole rings is 1. The van der Waals surface area contributed by atoms with Crippen molar-refractivity contribution in [1.29, 1.82) is 0 Å². The van der Waals surface area contributed by atoms with Gasteiger partial charge in [-0.05, 0) is 26.2 Å². The number of rotatable bonds is 6. The van der Waals surface area contributed by atoms with Gasteiger partial charge in [-0.1, -0.05) is 0 Å².